The van der Waals surface area contributed by atoms with Gasteiger partial charge in [-0.3, -0.25) is 9.59 Å². The summed E-state index contributed by atoms with van der Waals surface area (Å²) in [6.45, 7) is 2.87. The smallest absolute Gasteiger partial charge is 0.261 e. The molecule has 2 aromatic rings. The predicted molar refractivity (Wildman–Crippen MR) is 93.6 cm³/mol. The molecule has 5 heteroatoms. The number of para-hydroxylation sites is 1. The largest absolute Gasteiger partial charge is 0.368 e. The van der Waals surface area contributed by atoms with Crippen molar-refractivity contribution in [2.24, 2.45) is 0 Å². The maximum absolute atomic E-state index is 12.8. The van der Waals surface area contributed by atoms with Crippen molar-refractivity contribution in [1.82, 2.24) is 9.88 Å². The number of aryl methyl sites for hydroxylation is 2. The van der Waals surface area contributed by atoms with Crippen molar-refractivity contribution in [2.75, 3.05) is 31.1 Å². The number of aromatic nitrogens is 1. The average molecular weight is 323 g/mol. The van der Waals surface area contributed by atoms with Crippen LogP contribution < -0.4 is 10.5 Å². The number of amides is 1. The Labute approximate surface area is 140 Å². The average Bonchev–Trinajstić information content (AvgIpc) is 3.08. The highest BCUT2D eigenvalue weighted by atomic mass is 16.2. The molecule has 1 aromatic carbocycles. The van der Waals surface area contributed by atoms with Crippen LogP contribution in [0.4, 0.5) is 5.69 Å². The summed E-state index contributed by atoms with van der Waals surface area (Å²) in [7, 11) is 0. The van der Waals surface area contributed by atoms with Crippen LogP contribution in [-0.2, 0) is 12.8 Å². The molecule has 2 heterocycles. The summed E-state index contributed by atoms with van der Waals surface area (Å²) in [5.41, 5.74) is 3.36. The first-order valence-electron chi connectivity index (χ1n) is 8.57. The van der Waals surface area contributed by atoms with E-state index in [0.29, 0.717) is 18.7 Å². The normalized spacial score (nSPS) is 17.0. The van der Waals surface area contributed by atoms with Crippen LogP contribution in [0.3, 0.4) is 0 Å². The minimum Gasteiger partial charge on any atom is -0.368 e. The molecule has 0 radical (unpaired) electrons. The molecule has 1 amide bonds. The Morgan fingerprint density at radius 3 is 2.50 bits per heavy atom. The molecule has 0 atom stereocenters. The van der Waals surface area contributed by atoms with Crippen molar-refractivity contribution >= 4 is 11.6 Å². The molecule has 1 aliphatic carbocycles. The molecular weight excluding hydrogens is 302 g/mol. The minimum atomic E-state index is -0.244. The molecule has 124 valence electrons. The molecule has 0 saturated carbocycles. The first-order valence-corrected chi connectivity index (χ1v) is 8.57. The van der Waals surface area contributed by atoms with Crippen molar-refractivity contribution in [3.05, 3.63) is 63.6 Å². The van der Waals surface area contributed by atoms with Gasteiger partial charge >= 0.3 is 0 Å². The number of rotatable bonds is 2. The maximum atomic E-state index is 12.8. The number of H-pyrrole nitrogens is 1. The Morgan fingerprint density at radius 1 is 1.00 bits per heavy atom. The van der Waals surface area contributed by atoms with E-state index in [0.717, 1.165) is 43.6 Å². The van der Waals surface area contributed by atoms with Gasteiger partial charge in [-0.25, -0.2) is 0 Å². The van der Waals surface area contributed by atoms with Gasteiger partial charge in [0.05, 0.1) is 0 Å². The van der Waals surface area contributed by atoms with E-state index in [-0.39, 0.29) is 11.5 Å². The number of fused-ring (bicyclic) bond motifs is 1. The fourth-order valence-electron chi connectivity index (χ4n) is 3.65. The second kappa shape index (κ2) is 6.15. The van der Waals surface area contributed by atoms with Crippen LogP contribution in [0.5, 0.6) is 0 Å². The van der Waals surface area contributed by atoms with Gasteiger partial charge in [-0.05, 0) is 43.0 Å². The summed E-state index contributed by atoms with van der Waals surface area (Å²) in [6.07, 6.45) is 2.92. The number of aromatic amines is 1. The van der Waals surface area contributed by atoms with Gasteiger partial charge in [0.25, 0.3) is 11.5 Å². The van der Waals surface area contributed by atoms with Gasteiger partial charge in [0.1, 0.15) is 5.56 Å². The Morgan fingerprint density at radius 2 is 1.75 bits per heavy atom. The van der Waals surface area contributed by atoms with E-state index >= 15 is 0 Å². The number of benzene rings is 1. The SMILES string of the molecule is O=C(c1cc2c([nH]c1=O)CCC2)N1CCN(c2ccccc2)CC1. The van der Waals surface area contributed by atoms with Crippen molar-refractivity contribution < 1.29 is 4.79 Å². The van der Waals surface area contributed by atoms with Crippen LogP contribution in [0.25, 0.3) is 0 Å². The Bertz CT molecular complexity index is 805. The molecule has 1 fully saturated rings. The Kier molecular flexibility index (Phi) is 3.84. The molecule has 2 aliphatic rings. The molecule has 1 N–H and O–H groups in total. The molecule has 0 spiro atoms. The molecule has 5 nitrogen and oxygen atoms in total. The zero-order valence-corrected chi connectivity index (χ0v) is 13.6. The molecule has 24 heavy (non-hydrogen) atoms. The van der Waals surface area contributed by atoms with Crippen LogP contribution in [-0.4, -0.2) is 42.0 Å². The number of pyridine rings is 1. The number of anilines is 1. The van der Waals surface area contributed by atoms with E-state index in [1.165, 1.54) is 5.69 Å². The first-order chi connectivity index (χ1) is 11.7. The van der Waals surface area contributed by atoms with Crippen molar-refractivity contribution in [1.29, 1.82) is 0 Å². The van der Waals surface area contributed by atoms with Gasteiger partial charge in [-0.2, -0.15) is 0 Å². The zero-order valence-electron chi connectivity index (χ0n) is 13.6. The van der Waals surface area contributed by atoms with Crippen molar-refractivity contribution in [2.45, 2.75) is 19.3 Å². The molecule has 1 aliphatic heterocycles. The minimum absolute atomic E-state index is 0.140. The third-order valence-corrected chi connectivity index (χ3v) is 5.01. The first kappa shape index (κ1) is 15.0. The molecule has 1 saturated heterocycles. The van der Waals surface area contributed by atoms with E-state index in [4.69, 9.17) is 0 Å². The predicted octanol–water partition coefficient (Wildman–Crippen LogP) is 1.83. The van der Waals surface area contributed by atoms with Gasteiger partial charge in [-0.15, -0.1) is 0 Å². The monoisotopic (exact) mass is 323 g/mol. The van der Waals surface area contributed by atoms with E-state index in [1.54, 1.807) is 4.90 Å². The standard InChI is InChI=1S/C19H21N3O2/c23-18-16(13-14-5-4-8-17(14)20-18)19(24)22-11-9-21(10-12-22)15-6-2-1-3-7-15/h1-3,6-7,13H,4-5,8-12H2,(H,20,23). The van der Waals surface area contributed by atoms with Crippen LogP contribution in [0, 0.1) is 0 Å². The van der Waals surface area contributed by atoms with E-state index < -0.39 is 0 Å². The highest BCUT2D eigenvalue weighted by Gasteiger charge is 2.25. The van der Waals surface area contributed by atoms with Crippen LogP contribution in [0.15, 0.2) is 41.2 Å². The fraction of sp³-hybridized carbons (Fsp3) is 0.368. The van der Waals surface area contributed by atoms with Gasteiger partial charge in [0.2, 0.25) is 0 Å². The number of nitrogens with zero attached hydrogens (tertiary/aromatic N) is 2. The summed E-state index contributed by atoms with van der Waals surface area (Å²) < 4.78 is 0. The summed E-state index contributed by atoms with van der Waals surface area (Å²) in [4.78, 5) is 32.0. The maximum Gasteiger partial charge on any atom is 0.261 e. The topological polar surface area (TPSA) is 56.4 Å². The van der Waals surface area contributed by atoms with E-state index in [9.17, 15) is 9.59 Å². The van der Waals surface area contributed by atoms with Gasteiger partial charge in [0, 0.05) is 37.6 Å². The third kappa shape index (κ3) is 2.70. The second-order valence-corrected chi connectivity index (χ2v) is 6.48. The highest BCUT2D eigenvalue weighted by molar-refractivity contribution is 5.94. The number of nitrogens with one attached hydrogen (secondary N) is 1. The highest BCUT2D eigenvalue weighted by Crippen LogP contribution is 2.20. The second-order valence-electron chi connectivity index (χ2n) is 6.48. The fourth-order valence-corrected chi connectivity index (χ4v) is 3.65. The lowest BCUT2D eigenvalue weighted by Crippen LogP contribution is -2.49. The molecular formula is C19H21N3O2. The van der Waals surface area contributed by atoms with Crippen LogP contribution in [0.2, 0.25) is 0 Å². The lowest BCUT2D eigenvalue weighted by atomic mass is 10.1. The van der Waals surface area contributed by atoms with Gasteiger partial charge in [0.15, 0.2) is 0 Å². The number of hydrogen-bond donors (Lipinski definition) is 1. The quantitative estimate of drug-likeness (QED) is 0.917. The molecule has 4 rings (SSSR count). The lowest BCUT2D eigenvalue weighted by Gasteiger charge is -2.36. The number of piperazine rings is 1. The van der Waals surface area contributed by atoms with Crippen LogP contribution >= 0.6 is 0 Å². The third-order valence-electron chi connectivity index (χ3n) is 5.01. The number of hydrogen-bond acceptors (Lipinski definition) is 3. The Hall–Kier alpha value is -2.56. The van der Waals surface area contributed by atoms with Gasteiger partial charge in [-0.1, -0.05) is 18.2 Å². The summed E-state index contributed by atoms with van der Waals surface area (Å²) in [5, 5.41) is 0. The zero-order chi connectivity index (χ0) is 16.5. The van der Waals surface area contributed by atoms with Crippen molar-refractivity contribution in [3.63, 3.8) is 0 Å². The summed E-state index contributed by atoms with van der Waals surface area (Å²) in [6, 6.07) is 12.0. The summed E-state index contributed by atoms with van der Waals surface area (Å²) >= 11 is 0. The lowest BCUT2D eigenvalue weighted by molar-refractivity contribution is 0.0745. The van der Waals surface area contributed by atoms with E-state index in [1.807, 2.05) is 24.3 Å². The van der Waals surface area contributed by atoms with Crippen LogP contribution in [0.1, 0.15) is 28.0 Å². The summed E-state index contributed by atoms with van der Waals surface area (Å²) in [5.74, 6) is -0.140. The van der Waals surface area contributed by atoms with Gasteiger partial charge < -0.3 is 14.8 Å². The molecule has 0 bridgehead atoms. The molecule has 0 unspecified atom stereocenters. The van der Waals surface area contributed by atoms with E-state index in [2.05, 4.69) is 22.0 Å². The molecule has 1 aromatic heterocycles. The number of carbonyl (C=O) groups is 1. The Balaban J connectivity index is 1.48. The number of carbonyl (C=O) groups excluding carboxylic acids is 1. The van der Waals surface area contributed by atoms with Crippen molar-refractivity contribution in [3.8, 4) is 0 Å².